The van der Waals surface area contributed by atoms with Crippen molar-refractivity contribution in [2.45, 2.75) is 38.1 Å². The highest BCUT2D eigenvalue weighted by atomic mass is 31.0. The maximum absolute atomic E-state index is 12.6. The molecule has 0 fully saturated rings. The molecule has 2 aromatic carbocycles. The summed E-state index contributed by atoms with van der Waals surface area (Å²) in [5.41, 5.74) is 1.89. The average molecular weight is 450 g/mol. The fraction of sp³-hybridized carbons (Fsp3) is 0.304. The van der Waals surface area contributed by atoms with E-state index in [1.165, 1.54) is 0 Å². The molecule has 3 atom stereocenters. The number of nitrogens with one attached hydrogen (secondary N) is 1. The zero-order valence-electron chi connectivity index (χ0n) is 18.6. The lowest BCUT2D eigenvalue weighted by atomic mass is 10.0. The van der Waals surface area contributed by atoms with Crippen molar-refractivity contribution in [2.75, 3.05) is 0 Å². The lowest BCUT2D eigenvalue weighted by molar-refractivity contribution is -0.124. The maximum atomic E-state index is 12.6. The van der Waals surface area contributed by atoms with Crippen molar-refractivity contribution >= 4 is 26.0 Å². The predicted octanol–water partition coefficient (Wildman–Crippen LogP) is 3.43. The summed E-state index contributed by atoms with van der Waals surface area (Å²) in [4.78, 5) is 12.6. The predicted molar refractivity (Wildman–Crippen MR) is 127 cm³/mol. The molecule has 1 unspecified atom stereocenters. The van der Waals surface area contributed by atoms with Gasteiger partial charge in [0.05, 0.1) is 29.1 Å². The fourth-order valence-corrected chi connectivity index (χ4v) is 3.50. The molecule has 8 nitrogen and oxygen atoms in total. The van der Waals surface area contributed by atoms with E-state index in [-0.39, 0.29) is 18.1 Å². The third-order valence-electron chi connectivity index (χ3n) is 5.14. The normalized spacial score (nSPS) is 13.7. The number of carbonyl (C=O) groups excluding carboxylic acids is 1. The van der Waals surface area contributed by atoms with Crippen LogP contribution >= 0.6 is 9.24 Å². The van der Waals surface area contributed by atoms with E-state index in [1.807, 2.05) is 76.3 Å². The highest BCUT2D eigenvalue weighted by Gasteiger charge is 2.28. The number of nitrogens with zero attached hydrogens (tertiary/aromatic N) is 5. The van der Waals surface area contributed by atoms with Gasteiger partial charge in [-0.3, -0.25) is 9.48 Å². The van der Waals surface area contributed by atoms with Crippen molar-refractivity contribution in [1.29, 1.82) is 0 Å². The van der Waals surface area contributed by atoms with Gasteiger partial charge < -0.3 is 10.1 Å². The first-order valence-corrected chi connectivity index (χ1v) is 11.0. The van der Waals surface area contributed by atoms with Crippen molar-refractivity contribution in [3.63, 3.8) is 0 Å². The van der Waals surface area contributed by atoms with Crippen molar-refractivity contribution in [3.8, 4) is 11.6 Å². The van der Waals surface area contributed by atoms with Gasteiger partial charge in [0.25, 0.3) is 0 Å². The lowest BCUT2D eigenvalue weighted by Gasteiger charge is -2.29. The first-order chi connectivity index (χ1) is 15.2. The van der Waals surface area contributed by atoms with Gasteiger partial charge in [0.15, 0.2) is 5.82 Å². The van der Waals surface area contributed by atoms with Gasteiger partial charge in [-0.15, -0.1) is 14.3 Å². The summed E-state index contributed by atoms with van der Waals surface area (Å²) < 4.78 is 9.79. The standard InChI is InChI=1S/C23H27N6O2P/c1-15(25-22(30)23(2,3)32)21(16-8-6-5-7-9-16)31-18-10-11-19-17(12-18)13-24-29(19)20-14-28(4)27-26-20/h5-15,21H,32H2,1-4H3,(H,25,30)/t15-,21-/m0/s1. The number of carbonyl (C=O) groups is 1. The average Bonchev–Trinajstić information content (AvgIpc) is 3.37. The van der Waals surface area contributed by atoms with Crippen LogP contribution in [-0.4, -0.2) is 41.9 Å². The zero-order chi connectivity index (χ0) is 22.9. The Morgan fingerprint density at radius 3 is 2.59 bits per heavy atom. The Hall–Kier alpha value is -3.25. The van der Waals surface area contributed by atoms with Crippen LogP contribution in [0.25, 0.3) is 16.7 Å². The minimum atomic E-state index is -0.566. The highest BCUT2D eigenvalue weighted by molar-refractivity contribution is 7.20. The van der Waals surface area contributed by atoms with Gasteiger partial charge in [0.1, 0.15) is 11.9 Å². The molecule has 0 bridgehead atoms. The molecule has 0 saturated carbocycles. The Bertz CT molecular complexity index is 1230. The molecule has 166 valence electrons. The molecular weight excluding hydrogens is 423 g/mol. The van der Waals surface area contributed by atoms with Crippen LogP contribution < -0.4 is 10.1 Å². The molecule has 32 heavy (non-hydrogen) atoms. The van der Waals surface area contributed by atoms with Crippen molar-refractivity contribution in [2.24, 2.45) is 7.05 Å². The minimum Gasteiger partial charge on any atom is -0.484 e. The number of hydrogen-bond acceptors (Lipinski definition) is 5. The fourth-order valence-electron chi connectivity index (χ4n) is 3.42. The van der Waals surface area contributed by atoms with Crippen LogP contribution in [0.15, 0.2) is 60.9 Å². The van der Waals surface area contributed by atoms with E-state index >= 15 is 0 Å². The van der Waals surface area contributed by atoms with Gasteiger partial charge in [0, 0.05) is 12.4 Å². The smallest absolute Gasteiger partial charge is 0.229 e. The van der Waals surface area contributed by atoms with Crippen molar-refractivity contribution in [1.82, 2.24) is 30.1 Å². The summed E-state index contributed by atoms with van der Waals surface area (Å²) in [6, 6.07) is 15.4. The quantitative estimate of drug-likeness (QED) is 0.436. The third kappa shape index (κ3) is 4.65. The largest absolute Gasteiger partial charge is 0.484 e. The summed E-state index contributed by atoms with van der Waals surface area (Å²) in [5, 5.41) is 16.0. The second-order valence-corrected chi connectivity index (χ2v) is 9.90. The van der Waals surface area contributed by atoms with E-state index in [4.69, 9.17) is 4.74 Å². The van der Waals surface area contributed by atoms with Gasteiger partial charge in [-0.05, 0) is 44.5 Å². The number of ether oxygens (including phenoxy) is 1. The molecular formula is C23H27N6O2P. The SMILES string of the molecule is C[C@H](NC(=O)C(C)(C)P)[C@H](Oc1ccc2c(cnn2-c2cn(C)nn2)c1)c1ccccc1. The molecule has 0 aliphatic carbocycles. The molecule has 1 amide bonds. The highest BCUT2D eigenvalue weighted by Crippen LogP contribution is 2.29. The van der Waals surface area contributed by atoms with Gasteiger partial charge in [0.2, 0.25) is 5.91 Å². The number of aromatic nitrogens is 5. The van der Waals surface area contributed by atoms with Crippen molar-refractivity contribution < 1.29 is 9.53 Å². The van der Waals surface area contributed by atoms with E-state index in [9.17, 15) is 4.79 Å². The number of aryl methyl sites for hydroxylation is 1. The number of benzene rings is 2. The molecule has 0 aliphatic rings. The van der Waals surface area contributed by atoms with Crippen LogP contribution in [0.5, 0.6) is 5.75 Å². The summed E-state index contributed by atoms with van der Waals surface area (Å²) >= 11 is 0. The van der Waals surface area contributed by atoms with Crippen LogP contribution in [0.1, 0.15) is 32.4 Å². The summed E-state index contributed by atoms with van der Waals surface area (Å²) in [6.07, 6.45) is 3.22. The molecule has 0 spiro atoms. The molecule has 4 rings (SSSR count). The summed E-state index contributed by atoms with van der Waals surface area (Å²) in [7, 11) is 4.39. The first-order valence-electron chi connectivity index (χ1n) is 10.4. The van der Waals surface area contributed by atoms with E-state index in [2.05, 4.69) is 30.0 Å². The number of rotatable bonds is 7. The topological polar surface area (TPSA) is 86.9 Å². The molecule has 1 N–H and O–H groups in total. The maximum Gasteiger partial charge on any atom is 0.229 e. The number of amides is 1. The zero-order valence-corrected chi connectivity index (χ0v) is 19.7. The first kappa shape index (κ1) is 22.0. The monoisotopic (exact) mass is 450 g/mol. The van der Waals surface area contributed by atoms with Gasteiger partial charge in [-0.2, -0.15) is 5.10 Å². The molecule has 0 radical (unpaired) electrons. The Morgan fingerprint density at radius 2 is 1.94 bits per heavy atom. The third-order valence-corrected chi connectivity index (χ3v) is 5.40. The molecule has 0 saturated heterocycles. The molecule has 4 aromatic rings. The van der Waals surface area contributed by atoms with Gasteiger partial charge >= 0.3 is 0 Å². The van der Waals surface area contributed by atoms with Crippen LogP contribution in [0.2, 0.25) is 0 Å². The molecule has 2 heterocycles. The van der Waals surface area contributed by atoms with E-state index in [0.717, 1.165) is 16.5 Å². The van der Waals surface area contributed by atoms with Crippen LogP contribution in [0.4, 0.5) is 0 Å². The Kier molecular flexibility index (Phi) is 5.98. The van der Waals surface area contributed by atoms with E-state index in [1.54, 1.807) is 21.8 Å². The van der Waals surface area contributed by atoms with Gasteiger partial charge in [-0.1, -0.05) is 35.5 Å². The summed E-state index contributed by atoms with van der Waals surface area (Å²) in [5.74, 6) is 1.28. The summed E-state index contributed by atoms with van der Waals surface area (Å²) in [6.45, 7) is 5.68. The van der Waals surface area contributed by atoms with Crippen LogP contribution in [-0.2, 0) is 11.8 Å². The van der Waals surface area contributed by atoms with E-state index < -0.39 is 5.16 Å². The second kappa shape index (κ2) is 8.71. The molecule has 9 heteroatoms. The van der Waals surface area contributed by atoms with Crippen molar-refractivity contribution in [3.05, 3.63) is 66.5 Å². The number of hydrogen-bond donors (Lipinski definition) is 1. The van der Waals surface area contributed by atoms with Crippen LogP contribution in [0, 0.1) is 0 Å². The molecule has 2 aromatic heterocycles. The Balaban J connectivity index is 1.62. The second-order valence-electron chi connectivity index (χ2n) is 8.46. The number of fused-ring (bicyclic) bond motifs is 1. The van der Waals surface area contributed by atoms with Gasteiger partial charge in [-0.25, -0.2) is 4.68 Å². The Morgan fingerprint density at radius 1 is 1.19 bits per heavy atom. The Labute approximate surface area is 189 Å². The minimum absolute atomic E-state index is 0.0553. The molecule has 0 aliphatic heterocycles. The van der Waals surface area contributed by atoms with Crippen LogP contribution in [0.3, 0.4) is 0 Å². The lowest BCUT2D eigenvalue weighted by Crippen LogP contribution is -2.45. The van der Waals surface area contributed by atoms with E-state index in [0.29, 0.717) is 11.6 Å².